The minimum atomic E-state index is -0.805. The van der Waals surface area contributed by atoms with Gasteiger partial charge >= 0.3 is 5.97 Å². The average Bonchev–Trinajstić information content (AvgIpc) is 2.65. The van der Waals surface area contributed by atoms with E-state index in [1.807, 2.05) is 4.90 Å². The summed E-state index contributed by atoms with van der Waals surface area (Å²) in [5, 5.41) is 9.67. The van der Waals surface area contributed by atoms with Gasteiger partial charge in [0.1, 0.15) is 0 Å². The molecule has 0 unspecified atom stereocenters. The Hall–Kier alpha value is -1.06. The quantitative estimate of drug-likeness (QED) is 0.811. The standard InChI is InChI=1S/C17H29NO3/c1-16(2)9-11-18(12-10-16)14(19)13-17(15(20)21)7-5-3-4-6-8-17/h3-13H2,1-2H3,(H,20,21). The van der Waals surface area contributed by atoms with Gasteiger partial charge in [0.2, 0.25) is 5.91 Å². The lowest BCUT2D eigenvalue weighted by atomic mass is 9.76. The molecule has 4 nitrogen and oxygen atoms in total. The van der Waals surface area contributed by atoms with Crippen molar-refractivity contribution in [1.82, 2.24) is 4.90 Å². The fourth-order valence-electron chi connectivity index (χ4n) is 3.63. The summed E-state index contributed by atoms with van der Waals surface area (Å²) < 4.78 is 0. The van der Waals surface area contributed by atoms with Gasteiger partial charge in [-0.1, -0.05) is 39.5 Å². The van der Waals surface area contributed by atoms with Crippen LogP contribution in [0.2, 0.25) is 0 Å². The van der Waals surface area contributed by atoms with E-state index in [-0.39, 0.29) is 12.3 Å². The van der Waals surface area contributed by atoms with Gasteiger partial charge in [-0.05, 0) is 31.1 Å². The van der Waals surface area contributed by atoms with Crippen molar-refractivity contribution in [2.75, 3.05) is 13.1 Å². The van der Waals surface area contributed by atoms with Crippen molar-refractivity contribution in [2.45, 2.75) is 71.6 Å². The van der Waals surface area contributed by atoms with E-state index >= 15 is 0 Å². The fourth-order valence-corrected chi connectivity index (χ4v) is 3.63. The van der Waals surface area contributed by atoms with Crippen LogP contribution in [0.15, 0.2) is 0 Å². The molecular weight excluding hydrogens is 266 g/mol. The Labute approximate surface area is 127 Å². The van der Waals surface area contributed by atoms with Crippen LogP contribution in [0.5, 0.6) is 0 Å². The molecule has 0 aromatic carbocycles. The van der Waals surface area contributed by atoms with Crippen molar-refractivity contribution in [3.63, 3.8) is 0 Å². The summed E-state index contributed by atoms with van der Waals surface area (Å²) in [4.78, 5) is 26.2. The number of carbonyl (C=O) groups excluding carboxylic acids is 1. The molecule has 0 aromatic heterocycles. The van der Waals surface area contributed by atoms with Gasteiger partial charge < -0.3 is 10.0 Å². The fraction of sp³-hybridized carbons (Fsp3) is 0.882. The van der Waals surface area contributed by atoms with Gasteiger partial charge in [0.15, 0.2) is 0 Å². The highest BCUT2D eigenvalue weighted by atomic mass is 16.4. The molecule has 0 aromatic rings. The summed E-state index contributed by atoms with van der Waals surface area (Å²) in [5.74, 6) is -0.718. The van der Waals surface area contributed by atoms with Crippen molar-refractivity contribution in [3.8, 4) is 0 Å². The number of rotatable bonds is 3. The van der Waals surface area contributed by atoms with Crippen LogP contribution in [0.25, 0.3) is 0 Å². The summed E-state index contributed by atoms with van der Waals surface area (Å²) in [6, 6.07) is 0. The second-order valence-corrected chi connectivity index (χ2v) is 7.72. The van der Waals surface area contributed by atoms with Crippen LogP contribution >= 0.6 is 0 Å². The number of nitrogens with zero attached hydrogens (tertiary/aromatic N) is 1. The Morgan fingerprint density at radius 3 is 1.95 bits per heavy atom. The number of carboxylic acids is 1. The number of carbonyl (C=O) groups is 2. The summed E-state index contributed by atoms with van der Waals surface area (Å²) in [6.07, 6.45) is 7.61. The van der Waals surface area contributed by atoms with Gasteiger partial charge in [0, 0.05) is 19.5 Å². The third-order valence-corrected chi connectivity index (χ3v) is 5.47. The normalized spacial score (nSPS) is 25.1. The van der Waals surface area contributed by atoms with Crippen LogP contribution in [0.1, 0.15) is 71.6 Å². The second kappa shape index (κ2) is 6.37. The second-order valence-electron chi connectivity index (χ2n) is 7.72. The minimum absolute atomic E-state index is 0.0507. The van der Waals surface area contributed by atoms with E-state index in [1.54, 1.807) is 0 Å². The first-order valence-corrected chi connectivity index (χ1v) is 8.36. The van der Waals surface area contributed by atoms with Crippen molar-refractivity contribution < 1.29 is 14.7 Å². The number of piperidine rings is 1. The molecule has 0 radical (unpaired) electrons. The van der Waals surface area contributed by atoms with Gasteiger partial charge in [-0.3, -0.25) is 9.59 Å². The highest BCUT2D eigenvalue weighted by Crippen LogP contribution is 2.39. The first-order valence-electron chi connectivity index (χ1n) is 8.36. The molecule has 1 aliphatic carbocycles. The first-order chi connectivity index (χ1) is 9.85. The summed E-state index contributed by atoms with van der Waals surface area (Å²) >= 11 is 0. The molecule has 2 fully saturated rings. The van der Waals surface area contributed by atoms with E-state index in [1.165, 1.54) is 0 Å². The molecule has 1 N–H and O–H groups in total. The van der Waals surface area contributed by atoms with E-state index < -0.39 is 11.4 Å². The Morgan fingerprint density at radius 2 is 1.48 bits per heavy atom. The lowest BCUT2D eigenvalue weighted by Gasteiger charge is -2.38. The number of likely N-dealkylation sites (tertiary alicyclic amines) is 1. The topological polar surface area (TPSA) is 57.6 Å². The van der Waals surface area contributed by atoms with Gasteiger partial charge in [-0.2, -0.15) is 0 Å². The predicted octanol–water partition coefficient (Wildman–Crippen LogP) is 3.45. The molecule has 120 valence electrons. The molecule has 2 aliphatic rings. The van der Waals surface area contributed by atoms with Crippen LogP contribution in [-0.2, 0) is 9.59 Å². The molecule has 1 saturated heterocycles. The van der Waals surface area contributed by atoms with Crippen LogP contribution in [0.3, 0.4) is 0 Å². The Balaban J connectivity index is 2.00. The van der Waals surface area contributed by atoms with E-state index in [0.717, 1.165) is 51.6 Å². The molecule has 2 rings (SSSR count). The zero-order valence-electron chi connectivity index (χ0n) is 13.5. The first kappa shape index (κ1) is 16.3. The minimum Gasteiger partial charge on any atom is -0.481 e. The molecule has 1 aliphatic heterocycles. The predicted molar refractivity (Wildman–Crippen MR) is 82.0 cm³/mol. The third kappa shape index (κ3) is 3.98. The lowest BCUT2D eigenvalue weighted by Crippen LogP contribution is -2.44. The molecule has 0 spiro atoms. The van der Waals surface area contributed by atoms with E-state index in [0.29, 0.717) is 18.3 Å². The van der Waals surface area contributed by atoms with E-state index in [9.17, 15) is 14.7 Å². The van der Waals surface area contributed by atoms with Crippen LogP contribution in [0.4, 0.5) is 0 Å². The summed E-state index contributed by atoms with van der Waals surface area (Å²) in [7, 11) is 0. The van der Waals surface area contributed by atoms with Crippen molar-refractivity contribution in [3.05, 3.63) is 0 Å². The highest BCUT2D eigenvalue weighted by Gasteiger charge is 2.42. The zero-order valence-corrected chi connectivity index (χ0v) is 13.5. The van der Waals surface area contributed by atoms with Gasteiger partial charge in [-0.25, -0.2) is 0 Å². The molecular formula is C17H29NO3. The number of hydrogen-bond donors (Lipinski definition) is 1. The highest BCUT2D eigenvalue weighted by molar-refractivity contribution is 5.85. The van der Waals surface area contributed by atoms with Crippen molar-refractivity contribution in [2.24, 2.45) is 10.8 Å². The number of amides is 1. The third-order valence-electron chi connectivity index (χ3n) is 5.47. The number of aliphatic carboxylic acids is 1. The molecule has 4 heteroatoms. The Bertz CT molecular complexity index is 385. The molecule has 1 amide bonds. The monoisotopic (exact) mass is 295 g/mol. The van der Waals surface area contributed by atoms with E-state index in [2.05, 4.69) is 13.8 Å². The zero-order chi connectivity index (χ0) is 15.5. The van der Waals surface area contributed by atoms with Crippen LogP contribution in [0, 0.1) is 10.8 Å². The van der Waals surface area contributed by atoms with E-state index in [4.69, 9.17) is 0 Å². The largest absolute Gasteiger partial charge is 0.481 e. The van der Waals surface area contributed by atoms with Crippen molar-refractivity contribution >= 4 is 11.9 Å². The van der Waals surface area contributed by atoms with Crippen LogP contribution < -0.4 is 0 Å². The molecule has 1 saturated carbocycles. The Morgan fingerprint density at radius 1 is 0.952 bits per heavy atom. The molecule has 0 atom stereocenters. The maximum Gasteiger partial charge on any atom is 0.310 e. The maximum atomic E-state index is 12.6. The maximum absolute atomic E-state index is 12.6. The van der Waals surface area contributed by atoms with Crippen LogP contribution in [-0.4, -0.2) is 35.0 Å². The van der Waals surface area contributed by atoms with Gasteiger partial charge in [-0.15, -0.1) is 0 Å². The summed E-state index contributed by atoms with van der Waals surface area (Å²) in [5.41, 5.74) is -0.496. The number of carboxylic acid groups (broad SMARTS) is 1. The van der Waals surface area contributed by atoms with Crippen molar-refractivity contribution in [1.29, 1.82) is 0 Å². The van der Waals surface area contributed by atoms with Gasteiger partial charge in [0.25, 0.3) is 0 Å². The SMILES string of the molecule is CC1(C)CCN(C(=O)CC2(C(=O)O)CCCCCC2)CC1. The average molecular weight is 295 g/mol. The Kier molecular flexibility index (Phi) is 4.95. The molecule has 21 heavy (non-hydrogen) atoms. The summed E-state index contributed by atoms with van der Waals surface area (Å²) in [6.45, 7) is 6.03. The molecule has 1 heterocycles. The smallest absolute Gasteiger partial charge is 0.310 e. The number of hydrogen-bond acceptors (Lipinski definition) is 2. The lowest BCUT2D eigenvalue weighted by molar-refractivity contribution is -0.155. The molecule has 0 bridgehead atoms. The van der Waals surface area contributed by atoms with Gasteiger partial charge in [0.05, 0.1) is 5.41 Å².